The van der Waals surface area contributed by atoms with Gasteiger partial charge in [-0.1, -0.05) is 0 Å². The van der Waals surface area contributed by atoms with Crippen LogP contribution in [0.15, 0.2) is 38.6 Å². The second-order valence-corrected chi connectivity index (χ2v) is 6.27. The molecule has 2 aromatic rings. The Hall–Kier alpha value is -0.920. The van der Waals surface area contributed by atoms with Gasteiger partial charge in [0.1, 0.15) is 0 Å². The summed E-state index contributed by atoms with van der Waals surface area (Å²) < 4.78 is 1.54. The molecule has 1 aromatic heterocycles. The van der Waals surface area contributed by atoms with Crippen LogP contribution in [0.5, 0.6) is 0 Å². The first-order valence-electron chi connectivity index (χ1n) is 4.97. The average Bonchev–Trinajstić information content (AvgIpc) is 2.72. The minimum Gasteiger partial charge on any atom is -0.380 e. The molecule has 1 heterocycles. The van der Waals surface area contributed by atoms with Gasteiger partial charge in [-0.2, -0.15) is 0 Å². The third-order valence-electron chi connectivity index (χ3n) is 2.23. The molecular weight excluding hydrogens is 384 g/mol. The third kappa shape index (κ3) is 3.30. The van der Waals surface area contributed by atoms with Crippen LogP contribution in [0, 0.1) is 10.1 Å². The second-order valence-electron chi connectivity index (χ2n) is 3.51. The van der Waals surface area contributed by atoms with Gasteiger partial charge in [0.2, 0.25) is 0 Å². The van der Waals surface area contributed by atoms with Gasteiger partial charge >= 0.3 is 0 Å². The molecule has 0 spiro atoms. The van der Waals surface area contributed by atoms with E-state index in [0.717, 1.165) is 10.2 Å². The van der Waals surface area contributed by atoms with Crippen LogP contribution >= 0.6 is 43.2 Å². The van der Waals surface area contributed by atoms with Gasteiger partial charge in [0.15, 0.2) is 0 Å². The van der Waals surface area contributed by atoms with Crippen molar-refractivity contribution in [3.05, 3.63) is 53.6 Å². The highest BCUT2D eigenvalue weighted by atomic mass is 79.9. The van der Waals surface area contributed by atoms with E-state index in [0.29, 0.717) is 11.0 Å². The van der Waals surface area contributed by atoms with Crippen LogP contribution in [0.1, 0.15) is 4.88 Å². The molecule has 0 amide bonds. The van der Waals surface area contributed by atoms with E-state index >= 15 is 0 Å². The Bertz CT molecular complexity index is 586. The first kappa shape index (κ1) is 13.5. The Labute approximate surface area is 124 Å². The molecule has 7 heteroatoms. The summed E-state index contributed by atoms with van der Waals surface area (Å²) >= 11 is 8.24. The van der Waals surface area contributed by atoms with Crippen molar-refractivity contribution in [3.63, 3.8) is 0 Å². The molecule has 2 rings (SSSR count). The van der Waals surface area contributed by atoms with Crippen molar-refractivity contribution >= 4 is 54.6 Å². The molecule has 0 aliphatic heterocycles. The van der Waals surface area contributed by atoms with Crippen LogP contribution in [0.2, 0.25) is 0 Å². The van der Waals surface area contributed by atoms with Crippen molar-refractivity contribution < 1.29 is 4.92 Å². The molecule has 4 nitrogen and oxygen atoms in total. The number of nitro groups is 1. The van der Waals surface area contributed by atoms with Crippen LogP contribution in [-0.4, -0.2) is 4.92 Å². The lowest BCUT2D eigenvalue weighted by atomic mass is 10.3. The topological polar surface area (TPSA) is 55.2 Å². The average molecular weight is 392 g/mol. The number of nitrogens with zero attached hydrogens (tertiary/aromatic N) is 1. The number of nitro benzene ring substituents is 1. The monoisotopic (exact) mass is 390 g/mol. The van der Waals surface area contributed by atoms with Gasteiger partial charge in [0, 0.05) is 33.0 Å². The van der Waals surface area contributed by atoms with Crippen molar-refractivity contribution in [1.82, 2.24) is 0 Å². The maximum Gasteiger partial charge on any atom is 0.283 e. The number of nitrogens with one attached hydrogen (secondary N) is 1. The lowest BCUT2D eigenvalue weighted by Gasteiger charge is -2.05. The molecule has 0 saturated carbocycles. The fourth-order valence-corrected chi connectivity index (χ4v) is 3.31. The SMILES string of the molecule is O=[N+]([O-])c1ccc(NCc2cc(Br)cs2)cc1Br. The van der Waals surface area contributed by atoms with Gasteiger partial charge in [0.25, 0.3) is 5.69 Å². The standard InChI is InChI=1S/C11H8Br2N2O2S/c12-7-3-9(18-6-7)5-14-8-1-2-11(15(16)17)10(13)4-8/h1-4,6,14H,5H2. The smallest absolute Gasteiger partial charge is 0.283 e. The summed E-state index contributed by atoms with van der Waals surface area (Å²) in [4.78, 5) is 11.4. The normalized spacial score (nSPS) is 10.3. The molecule has 0 atom stereocenters. The van der Waals surface area contributed by atoms with E-state index < -0.39 is 4.92 Å². The van der Waals surface area contributed by atoms with Gasteiger partial charge in [0.05, 0.1) is 9.40 Å². The molecule has 18 heavy (non-hydrogen) atoms. The maximum absolute atomic E-state index is 10.7. The predicted molar refractivity (Wildman–Crippen MR) is 80.1 cm³/mol. The lowest BCUT2D eigenvalue weighted by Crippen LogP contribution is -1.98. The highest BCUT2D eigenvalue weighted by Crippen LogP contribution is 2.28. The lowest BCUT2D eigenvalue weighted by molar-refractivity contribution is -0.385. The first-order valence-corrected chi connectivity index (χ1v) is 7.43. The van der Waals surface area contributed by atoms with Crippen LogP contribution < -0.4 is 5.32 Å². The maximum atomic E-state index is 10.7. The van der Waals surface area contributed by atoms with Gasteiger partial charge in [-0.15, -0.1) is 11.3 Å². The van der Waals surface area contributed by atoms with E-state index in [1.807, 2.05) is 11.4 Å². The first-order chi connectivity index (χ1) is 8.56. The summed E-state index contributed by atoms with van der Waals surface area (Å²) in [6.07, 6.45) is 0. The van der Waals surface area contributed by atoms with Gasteiger partial charge in [-0.3, -0.25) is 10.1 Å². The predicted octanol–water partition coefficient (Wildman–Crippen LogP) is 4.79. The number of rotatable bonds is 4. The van der Waals surface area contributed by atoms with E-state index in [1.54, 1.807) is 23.5 Å². The zero-order valence-corrected chi connectivity index (χ0v) is 13.0. The fraction of sp³-hybridized carbons (Fsp3) is 0.0909. The van der Waals surface area contributed by atoms with E-state index in [1.165, 1.54) is 10.9 Å². The minimum atomic E-state index is -0.412. The largest absolute Gasteiger partial charge is 0.380 e. The Balaban J connectivity index is 2.06. The minimum absolute atomic E-state index is 0.0689. The van der Waals surface area contributed by atoms with Crippen molar-refractivity contribution in [2.75, 3.05) is 5.32 Å². The van der Waals surface area contributed by atoms with Crippen LogP contribution in [0.3, 0.4) is 0 Å². The third-order valence-corrected chi connectivity index (χ3v) is 4.57. The number of thiophene rings is 1. The molecule has 0 radical (unpaired) electrons. The molecule has 0 saturated heterocycles. The van der Waals surface area contributed by atoms with Crippen LogP contribution in [-0.2, 0) is 6.54 Å². The number of halogens is 2. The fourth-order valence-electron chi connectivity index (χ4n) is 1.40. The quantitative estimate of drug-likeness (QED) is 0.601. The molecule has 0 unspecified atom stereocenters. The zero-order valence-electron chi connectivity index (χ0n) is 9.02. The summed E-state index contributed by atoms with van der Waals surface area (Å²) in [5, 5.41) is 15.9. The molecule has 0 bridgehead atoms. The van der Waals surface area contributed by atoms with Crippen molar-refractivity contribution in [1.29, 1.82) is 0 Å². The Morgan fingerprint density at radius 2 is 2.11 bits per heavy atom. The second kappa shape index (κ2) is 5.81. The van der Waals surface area contributed by atoms with Gasteiger partial charge in [-0.05, 0) is 50.1 Å². The summed E-state index contributed by atoms with van der Waals surface area (Å²) in [5.41, 5.74) is 0.913. The van der Waals surface area contributed by atoms with E-state index in [4.69, 9.17) is 0 Å². The summed E-state index contributed by atoms with van der Waals surface area (Å²) in [6, 6.07) is 6.93. The van der Waals surface area contributed by atoms with Gasteiger partial charge in [-0.25, -0.2) is 0 Å². The molecule has 94 valence electrons. The number of anilines is 1. The van der Waals surface area contributed by atoms with Gasteiger partial charge < -0.3 is 5.32 Å². The highest BCUT2D eigenvalue weighted by Gasteiger charge is 2.11. The Kier molecular flexibility index (Phi) is 4.36. The van der Waals surface area contributed by atoms with Crippen molar-refractivity contribution in [2.24, 2.45) is 0 Å². The zero-order chi connectivity index (χ0) is 13.1. The number of hydrogen-bond donors (Lipinski definition) is 1. The summed E-state index contributed by atoms with van der Waals surface area (Å²) in [6.45, 7) is 0.695. The molecular formula is C11H8Br2N2O2S. The van der Waals surface area contributed by atoms with Crippen LogP contribution in [0.25, 0.3) is 0 Å². The van der Waals surface area contributed by atoms with Crippen LogP contribution in [0.4, 0.5) is 11.4 Å². The number of hydrogen-bond acceptors (Lipinski definition) is 4. The highest BCUT2D eigenvalue weighted by molar-refractivity contribution is 9.10. The molecule has 0 aliphatic carbocycles. The Morgan fingerprint density at radius 3 is 2.67 bits per heavy atom. The summed E-state index contributed by atoms with van der Waals surface area (Å²) in [5.74, 6) is 0. The van der Waals surface area contributed by atoms with Crippen molar-refractivity contribution in [2.45, 2.75) is 6.54 Å². The summed E-state index contributed by atoms with van der Waals surface area (Å²) in [7, 11) is 0. The van der Waals surface area contributed by atoms with E-state index in [9.17, 15) is 10.1 Å². The van der Waals surface area contributed by atoms with E-state index in [2.05, 4.69) is 37.2 Å². The molecule has 0 fully saturated rings. The number of benzene rings is 1. The molecule has 0 aliphatic rings. The molecule has 1 N–H and O–H groups in total. The van der Waals surface area contributed by atoms with E-state index in [-0.39, 0.29) is 5.69 Å². The molecule has 1 aromatic carbocycles. The Morgan fingerprint density at radius 1 is 1.33 bits per heavy atom. The van der Waals surface area contributed by atoms with Crippen molar-refractivity contribution in [3.8, 4) is 0 Å².